The first-order chi connectivity index (χ1) is 10.1. The van der Waals surface area contributed by atoms with Crippen molar-refractivity contribution in [1.82, 2.24) is 0 Å². The van der Waals surface area contributed by atoms with Crippen LogP contribution in [0.3, 0.4) is 0 Å². The fourth-order valence-corrected chi connectivity index (χ4v) is 4.05. The number of hydrogen-bond acceptors (Lipinski definition) is 1. The number of carbonyl (C=O) groups excluding carboxylic acids is 1. The molecule has 1 aliphatic heterocycles. The highest BCUT2D eigenvalue weighted by Gasteiger charge is 2.44. The minimum atomic E-state index is 0.0902. The molecule has 0 N–H and O–H groups in total. The number of nitrogens with zero attached hydrogens (tertiary/aromatic N) is 1. The number of anilines is 1. The minimum Gasteiger partial charge on any atom is -0.307 e. The number of carbonyl (C=O) groups is 1. The van der Waals surface area contributed by atoms with Crippen LogP contribution in [0.4, 0.5) is 5.69 Å². The summed E-state index contributed by atoms with van der Waals surface area (Å²) in [5.74, 6) is 0.133. The molecule has 1 atom stereocenters. The van der Waals surface area contributed by atoms with E-state index in [1.807, 2.05) is 41.3 Å². The first kappa shape index (κ1) is 13.1. The molecule has 0 radical (unpaired) electrons. The van der Waals surface area contributed by atoms with E-state index in [0.29, 0.717) is 0 Å². The molecule has 0 spiro atoms. The molecule has 0 aromatic heterocycles. The Bertz CT molecular complexity index is 737. The Morgan fingerprint density at radius 3 is 2.67 bits per heavy atom. The molecule has 0 bridgehead atoms. The molecule has 2 nitrogen and oxygen atoms in total. The Balaban J connectivity index is 1.85. The molecule has 0 saturated carbocycles. The molecule has 3 heteroatoms. The summed E-state index contributed by atoms with van der Waals surface area (Å²) in [4.78, 5) is 14.8. The summed E-state index contributed by atoms with van der Waals surface area (Å²) >= 11 is 3.45. The van der Waals surface area contributed by atoms with Crippen molar-refractivity contribution >= 4 is 27.5 Å². The molecule has 1 heterocycles. The molecule has 2 aromatic carbocycles. The third kappa shape index (κ3) is 1.87. The van der Waals surface area contributed by atoms with E-state index in [4.69, 9.17) is 0 Å². The van der Waals surface area contributed by atoms with E-state index >= 15 is 0 Å². The van der Waals surface area contributed by atoms with Gasteiger partial charge in [0.2, 0.25) is 0 Å². The molecule has 0 saturated heterocycles. The van der Waals surface area contributed by atoms with Crippen LogP contribution in [0.2, 0.25) is 0 Å². The Morgan fingerprint density at radius 1 is 1.14 bits per heavy atom. The van der Waals surface area contributed by atoms with Crippen LogP contribution in [-0.2, 0) is 11.8 Å². The summed E-state index contributed by atoms with van der Waals surface area (Å²) in [6, 6.07) is 14.2. The van der Waals surface area contributed by atoms with Gasteiger partial charge in [-0.2, -0.15) is 0 Å². The molecule has 4 rings (SSSR count). The van der Waals surface area contributed by atoms with E-state index in [9.17, 15) is 4.79 Å². The highest BCUT2D eigenvalue weighted by molar-refractivity contribution is 9.10. The molecule has 2 aromatic rings. The molecule has 2 aliphatic rings. The number of rotatable bonds is 1. The number of benzene rings is 2. The lowest BCUT2D eigenvalue weighted by Gasteiger charge is -2.39. The van der Waals surface area contributed by atoms with Crippen LogP contribution in [0.15, 0.2) is 46.9 Å². The van der Waals surface area contributed by atoms with Crippen molar-refractivity contribution in [1.29, 1.82) is 0 Å². The number of amides is 1. The second-order valence-electron chi connectivity index (χ2n) is 6.27. The second kappa shape index (κ2) is 4.44. The Morgan fingerprint density at radius 2 is 1.90 bits per heavy atom. The van der Waals surface area contributed by atoms with Crippen LogP contribution in [-0.4, -0.2) is 12.5 Å². The van der Waals surface area contributed by atoms with Crippen LogP contribution in [0.1, 0.15) is 34.8 Å². The lowest BCUT2D eigenvalue weighted by molar-refractivity contribution is 0.0968. The first-order valence-corrected chi connectivity index (χ1v) is 8.08. The first-order valence-electron chi connectivity index (χ1n) is 7.28. The summed E-state index contributed by atoms with van der Waals surface area (Å²) in [6.07, 6.45) is 2.21. The van der Waals surface area contributed by atoms with Crippen molar-refractivity contribution < 1.29 is 4.79 Å². The van der Waals surface area contributed by atoms with Crippen molar-refractivity contribution in [2.24, 2.45) is 0 Å². The van der Waals surface area contributed by atoms with Gasteiger partial charge in [-0.25, -0.2) is 0 Å². The van der Waals surface area contributed by atoms with Gasteiger partial charge < -0.3 is 4.90 Å². The monoisotopic (exact) mass is 341 g/mol. The van der Waals surface area contributed by atoms with Gasteiger partial charge in [-0.1, -0.05) is 35.0 Å². The highest BCUT2D eigenvalue weighted by atomic mass is 79.9. The lowest BCUT2D eigenvalue weighted by Crippen LogP contribution is -2.47. The minimum absolute atomic E-state index is 0.0902. The fourth-order valence-electron chi connectivity index (χ4n) is 3.79. The molecule has 0 fully saturated rings. The van der Waals surface area contributed by atoms with E-state index in [1.165, 1.54) is 11.1 Å². The topological polar surface area (TPSA) is 20.3 Å². The van der Waals surface area contributed by atoms with Gasteiger partial charge in [0.15, 0.2) is 0 Å². The van der Waals surface area contributed by atoms with Gasteiger partial charge in [0.05, 0.1) is 0 Å². The third-order valence-corrected chi connectivity index (χ3v) is 5.35. The summed E-state index contributed by atoms with van der Waals surface area (Å²) < 4.78 is 1.03. The quantitative estimate of drug-likeness (QED) is 0.756. The zero-order valence-electron chi connectivity index (χ0n) is 11.9. The Kier molecular flexibility index (Phi) is 2.77. The van der Waals surface area contributed by atoms with Crippen LogP contribution in [0, 0.1) is 0 Å². The van der Waals surface area contributed by atoms with Crippen molar-refractivity contribution in [2.75, 3.05) is 11.4 Å². The summed E-state index contributed by atoms with van der Waals surface area (Å²) in [7, 11) is 0. The van der Waals surface area contributed by atoms with Gasteiger partial charge in [-0.05, 0) is 54.3 Å². The molecular formula is C18H16BrNO. The molecule has 21 heavy (non-hydrogen) atoms. The van der Waals surface area contributed by atoms with Gasteiger partial charge >= 0.3 is 0 Å². The highest BCUT2D eigenvalue weighted by Crippen LogP contribution is 2.45. The van der Waals surface area contributed by atoms with Gasteiger partial charge in [0.1, 0.15) is 0 Å². The average Bonchev–Trinajstić information content (AvgIpc) is 2.83. The zero-order chi connectivity index (χ0) is 14.6. The van der Waals surface area contributed by atoms with E-state index in [1.54, 1.807) is 0 Å². The number of hydrogen-bond donors (Lipinski definition) is 0. The summed E-state index contributed by atoms with van der Waals surface area (Å²) in [5.41, 5.74) is 4.61. The maximum Gasteiger partial charge on any atom is 0.258 e. The van der Waals surface area contributed by atoms with E-state index in [2.05, 4.69) is 28.9 Å². The SMILES string of the molecule is CC12CCc3cccc(c31)C(=O)N(c1ccc(Br)cc1)C2. The van der Waals surface area contributed by atoms with Gasteiger partial charge in [0, 0.05) is 27.7 Å². The molecule has 106 valence electrons. The number of halogens is 1. The standard InChI is InChI=1S/C18H16BrNO/c1-18-10-9-12-3-2-4-15(16(12)18)17(21)20(11-18)14-7-5-13(19)6-8-14/h2-8H,9-11H2,1H3. The van der Waals surface area contributed by atoms with E-state index in [0.717, 1.165) is 35.1 Å². The summed E-state index contributed by atoms with van der Waals surface area (Å²) in [5, 5.41) is 0. The Labute approximate surface area is 132 Å². The van der Waals surface area contributed by atoms with Crippen LogP contribution >= 0.6 is 15.9 Å². The normalized spacial score (nSPS) is 23.3. The summed E-state index contributed by atoms with van der Waals surface area (Å²) in [6.45, 7) is 3.07. The predicted octanol–water partition coefficient (Wildman–Crippen LogP) is 4.31. The predicted molar refractivity (Wildman–Crippen MR) is 87.9 cm³/mol. The number of aryl methyl sites for hydroxylation is 1. The van der Waals surface area contributed by atoms with Crippen LogP contribution < -0.4 is 4.90 Å². The lowest BCUT2D eigenvalue weighted by atomic mass is 9.77. The van der Waals surface area contributed by atoms with Crippen molar-refractivity contribution in [3.05, 3.63) is 63.6 Å². The largest absolute Gasteiger partial charge is 0.307 e. The Hall–Kier alpha value is -1.61. The second-order valence-corrected chi connectivity index (χ2v) is 7.18. The van der Waals surface area contributed by atoms with Gasteiger partial charge in [0.25, 0.3) is 5.91 Å². The zero-order valence-corrected chi connectivity index (χ0v) is 13.5. The smallest absolute Gasteiger partial charge is 0.258 e. The van der Waals surface area contributed by atoms with Crippen molar-refractivity contribution in [2.45, 2.75) is 25.2 Å². The van der Waals surface area contributed by atoms with Gasteiger partial charge in [-0.3, -0.25) is 4.79 Å². The molecule has 1 aliphatic carbocycles. The average molecular weight is 342 g/mol. The molecular weight excluding hydrogens is 326 g/mol. The molecule has 1 amide bonds. The van der Waals surface area contributed by atoms with E-state index in [-0.39, 0.29) is 11.3 Å². The van der Waals surface area contributed by atoms with E-state index < -0.39 is 0 Å². The third-order valence-electron chi connectivity index (χ3n) is 4.82. The van der Waals surface area contributed by atoms with Crippen molar-refractivity contribution in [3.8, 4) is 0 Å². The maximum atomic E-state index is 12.9. The van der Waals surface area contributed by atoms with Crippen molar-refractivity contribution in [3.63, 3.8) is 0 Å². The fraction of sp³-hybridized carbons (Fsp3) is 0.278. The van der Waals surface area contributed by atoms with Crippen LogP contribution in [0.5, 0.6) is 0 Å². The van der Waals surface area contributed by atoms with Gasteiger partial charge in [-0.15, -0.1) is 0 Å². The van der Waals surface area contributed by atoms with Crippen LogP contribution in [0.25, 0.3) is 0 Å². The maximum absolute atomic E-state index is 12.9. The molecule has 1 unspecified atom stereocenters.